The molecular weight excluding hydrogens is 336 g/mol. The molecule has 0 aromatic heterocycles. The number of hydrogen-bond acceptors (Lipinski definition) is 3. The third-order valence-electron chi connectivity index (χ3n) is 3.18. The molecule has 0 radical (unpaired) electrons. The van der Waals surface area contributed by atoms with Crippen LogP contribution in [0.3, 0.4) is 0 Å². The SMILES string of the molecule is CCOC(=O)c1cc(CC)c(Br)c(C(C)(C)C)c1C(=O)O. The number of hydrogen-bond donors (Lipinski definition) is 1. The number of carboxylic acid groups (broad SMARTS) is 1. The maximum absolute atomic E-state index is 12.1. The number of carbonyl (C=O) groups excluding carboxylic acids is 1. The lowest BCUT2D eigenvalue weighted by atomic mass is 9.80. The van der Waals surface area contributed by atoms with E-state index in [1.54, 1.807) is 13.0 Å². The summed E-state index contributed by atoms with van der Waals surface area (Å²) in [5.41, 5.74) is 1.24. The molecule has 4 nitrogen and oxygen atoms in total. The van der Waals surface area contributed by atoms with Gasteiger partial charge in [0.25, 0.3) is 0 Å². The van der Waals surface area contributed by atoms with Crippen LogP contribution in [0.25, 0.3) is 0 Å². The molecule has 116 valence electrons. The highest BCUT2D eigenvalue weighted by Crippen LogP contribution is 2.37. The highest BCUT2D eigenvalue weighted by atomic mass is 79.9. The van der Waals surface area contributed by atoms with Gasteiger partial charge in [-0.05, 0) is 36.0 Å². The van der Waals surface area contributed by atoms with Crippen LogP contribution >= 0.6 is 15.9 Å². The molecule has 0 spiro atoms. The Labute approximate surface area is 133 Å². The first-order chi connectivity index (χ1) is 9.65. The molecule has 1 aromatic rings. The summed E-state index contributed by atoms with van der Waals surface area (Å²) in [6.07, 6.45) is 0.690. The first kappa shape index (κ1) is 17.7. The summed E-state index contributed by atoms with van der Waals surface area (Å²) in [7, 11) is 0. The second kappa shape index (κ2) is 6.60. The molecule has 0 fully saturated rings. The van der Waals surface area contributed by atoms with Crippen molar-refractivity contribution >= 4 is 27.9 Å². The fourth-order valence-corrected chi connectivity index (χ4v) is 3.46. The molecule has 1 rings (SSSR count). The first-order valence-electron chi connectivity index (χ1n) is 6.91. The average molecular weight is 357 g/mol. The minimum Gasteiger partial charge on any atom is -0.478 e. The highest BCUT2D eigenvalue weighted by Gasteiger charge is 2.31. The molecule has 0 bridgehead atoms. The van der Waals surface area contributed by atoms with Crippen LogP contribution in [-0.4, -0.2) is 23.7 Å². The molecule has 0 heterocycles. The van der Waals surface area contributed by atoms with Gasteiger partial charge in [0.2, 0.25) is 0 Å². The Morgan fingerprint density at radius 2 is 1.86 bits per heavy atom. The molecule has 0 aliphatic rings. The Bertz CT molecular complexity index is 571. The third-order valence-corrected chi connectivity index (χ3v) is 4.09. The average Bonchev–Trinajstić information content (AvgIpc) is 2.36. The number of carbonyl (C=O) groups is 2. The Hall–Kier alpha value is -1.36. The van der Waals surface area contributed by atoms with E-state index >= 15 is 0 Å². The Kier molecular flexibility index (Phi) is 5.56. The van der Waals surface area contributed by atoms with Crippen molar-refractivity contribution in [2.75, 3.05) is 6.61 Å². The smallest absolute Gasteiger partial charge is 0.339 e. The van der Waals surface area contributed by atoms with Gasteiger partial charge in [-0.1, -0.05) is 43.6 Å². The summed E-state index contributed by atoms with van der Waals surface area (Å²) in [5, 5.41) is 9.59. The highest BCUT2D eigenvalue weighted by molar-refractivity contribution is 9.10. The summed E-state index contributed by atoms with van der Waals surface area (Å²) >= 11 is 3.50. The predicted molar refractivity (Wildman–Crippen MR) is 85.1 cm³/mol. The number of aryl methyl sites for hydroxylation is 1. The van der Waals surface area contributed by atoms with Crippen molar-refractivity contribution in [3.05, 3.63) is 32.8 Å². The number of rotatable bonds is 4. The van der Waals surface area contributed by atoms with E-state index in [0.717, 1.165) is 10.0 Å². The normalized spacial score (nSPS) is 11.3. The topological polar surface area (TPSA) is 63.6 Å². The summed E-state index contributed by atoms with van der Waals surface area (Å²) < 4.78 is 5.76. The number of ether oxygens (including phenoxy) is 1. The Morgan fingerprint density at radius 3 is 2.24 bits per heavy atom. The van der Waals surface area contributed by atoms with E-state index in [1.807, 2.05) is 27.7 Å². The van der Waals surface area contributed by atoms with Crippen LogP contribution in [0.4, 0.5) is 0 Å². The van der Waals surface area contributed by atoms with E-state index < -0.39 is 17.4 Å². The molecule has 0 unspecified atom stereocenters. The fraction of sp³-hybridized carbons (Fsp3) is 0.500. The molecule has 0 amide bonds. The van der Waals surface area contributed by atoms with E-state index in [2.05, 4.69) is 15.9 Å². The summed E-state index contributed by atoms with van der Waals surface area (Å²) in [5.74, 6) is -1.71. The van der Waals surface area contributed by atoms with Crippen LogP contribution in [0, 0.1) is 0 Å². The molecule has 0 saturated carbocycles. The lowest BCUT2D eigenvalue weighted by Crippen LogP contribution is -2.23. The third kappa shape index (κ3) is 3.64. The maximum Gasteiger partial charge on any atom is 0.339 e. The number of carboxylic acids is 1. The van der Waals surface area contributed by atoms with Gasteiger partial charge in [-0.2, -0.15) is 0 Å². The zero-order valence-corrected chi connectivity index (χ0v) is 14.6. The minimum absolute atomic E-state index is 0.0185. The zero-order chi connectivity index (χ0) is 16.4. The summed E-state index contributed by atoms with van der Waals surface area (Å²) in [6.45, 7) is 9.64. The van der Waals surface area contributed by atoms with Gasteiger partial charge in [0.1, 0.15) is 0 Å². The Morgan fingerprint density at radius 1 is 1.29 bits per heavy atom. The van der Waals surface area contributed by atoms with Crippen LogP contribution in [-0.2, 0) is 16.6 Å². The molecule has 0 atom stereocenters. The molecule has 21 heavy (non-hydrogen) atoms. The number of benzene rings is 1. The first-order valence-corrected chi connectivity index (χ1v) is 7.70. The van der Waals surface area contributed by atoms with Crippen LogP contribution in [0.1, 0.15) is 66.5 Å². The lowest BCUT2D eigenvalue weighted by Gasteiger charge is -2.26. The van der Waals surface area contributed by atoms with E-state index in [9.17, 15) is 14.7 Å². The quantitative estimate of drug-likeness (QED) is 0.821. The Balaban J connectivity index is 3.79. The summed E-state index contributed by atoms with van der Waals surface area (Å²) in [4.78, 5) is 23.8. The van der Waals surface area contributed by atoms with Gasteiger partial charge in [0, 0.05) is 4.47 Å². The van der Waals surface area contributed by atoms with E-state index in [1.165, 1.54) is 0 Å². The standard InChI is InChI=1S/C16H21BrO4/c1-6-9-8-10(15(20)21-7-2)11(14(18)19)12(13(9)17)16(3,4)5/h8H,6-7H2,1-5H3,(H,18,19). The largest absolute Gasteiger partial charge is 0.478 e. The second-order valence-electron chi connectivity index (χ2n) is 5.78. The van der Waals surface area contributed by atoms with E-state index in [4.69, 9.17) is 4.74 Å². The van der Waals surface area contributed by atoms with E-state index in [0.29, 0.717) is 12.0 Å². The van der Waals surface area contributed by atoms with Crippen LogP contribution in [0.15, 0.2) is 10.5 Å². The van der Waals surface area contributed by atoms with Crippen molar-refractivity contribution in [1.29, 1.82) is 0 Å². The van der Waals surface area contributed by atoms with Gasteiger partial charge < -0.3 is 9.84 Å². The van der Waals surface area contributed by atoms with Crippen molar-refractivity contribution in [1.82, 2.24) is 0 Å². The molecular formula is C16H21BrO4. The minimum atomic E-state index is -1.12. The van der Waals surface area contributed by atoms with Crippen molar-refractivity contribution < 1.29 is 19.4 Å². The van der Waals surface area contributed by atoms with Crippen molar-refractivity contribution in [2.24, 2.45) is 0 Å². The van der Waals surface area contributed by atoms with E-state index in [-0.39, 0.29) is 17.7 Å². The molecule has 0 aliphatic heterocycles. The van der Waals surface area contributed by atoms with Crippen molar-refractivity contribution in [2.45, 2.75) is 46.5 Å². The maximum atomic E-state index is 12.1. The van der Waals surface area contributed by atoms with Gasteiger partial charge in [0.05, 0.1) is 17.7 Å². The summed E-state index contributed by atoms with van der Waals surface area (Å²) in [6, 6.07) is 1.61. The molecule has 1 N–H and O–H groups in total. The fourth-order valence-electron chi connectivity index (χ4n) is 2.27. The predicted octanol–water partition coefficient (Wildman–Crippen LogP) is 4.18. The van der Waals surface area contributed by atoms with Crippen LogP contribution < -0.4 is 0 Å². The number of esters is 1. The van der Waals surface area contributed by atoms with Crippen molar-refractivity contribution in [3.63, 3.8) is 0 Å². The van der Waals surface area contributed by atoms with Gasteiger partial charge >= 0.3 is 11.9 Å². The lowest BCUT2D eigenvalue weighted by molar-refractivity contribution is 0.0513. The van der Waals surface area contributed by atoms with Crippen LogP contribution in [0.2, 0.25) is 0 Å². The molecule has 1 aromatic carbocycles. The van der Waals surface area contributed by atoms with Crippen LogP contribution in [0.5, 0.6) is 0 Å². The van der Waals surface area contributed by atoms with Gasteiger partial charge in [-0.15, -0.1) is 0 Å². The molecule has 5 heteroatoms. The van der Waals surface area contributed by atoms with Gasteiger partial charge in [-0.3, -0.25) is 0 Å². The number of aromatic carboxylic acids is 1. The zero-order valence-electron chi connectivity index (χ0n) is 13.0. The molecule has 0 saturated heterocycles. The van der Waals surface area contributed by atoms with Gasteiger partial charge in [-0.25, -0.2) is 9.59 Å². The molecule has 0 aliphatic carbocycles. The van der Waals surface area contributed by atoms with Gasteiger partial charge in [0.15, 0.2) is 0 Å². The van der Waals surface area contributed by atoms with Crippen molar-refractivity contribution in [3.8, 4) is 0 Å². The number of halogens is 1. The monoisotopic (exact) mass is 356 g/mol. The second-order valence-corrected chi connectivity index (χ2v) is 6.57.